The number of hydrazone groups is 1. The van der Waals surface area contributed by atoms with E-state index in [2.05, 4.69) is 58.3 Å². The normalized spacial score (nSPS) is 19.5. The van der Waals surface area contributed by atoms with Gasteiger partial charge in [-0.3, -0.25) is 20.2 Å². The molecule has 1 N–H and O–H groups in total. The first kappa shape index (κ1) is 22.5. The zero-order valence-corrected chi connectivity index (χ0v) is 21.5. The van der Waals surface area contributed by atoms with E-state index in [0.717, 1.165) is 27.8 Å². The summed E-state index contributed by atoms with van der Waals surface area (Å²) in [5, 5.41) is 9.59. The first-order valence-electron chi connectivity index (χ1n) is 10.7. The molecule has 3 aromatic carbocycles. The van der Waals surface area contributed by atoms with Gasteiger partial charge in [0.1, 0.15) is 5.71 Å². The van der Waals surface area contributed by atoms with E-state index < -0.39 is 0 Å². The Hall–Kier alpha value is -2.29. The Bertz CT molecular complexity index is 1250. The molecule has 2 aliphatic heterocycles. The van der Waals surface area contributed by atoms with Crippen LogP contribution in [0.25, 0.3) is 0 Å². The minimum atomic E-state index is -0.206. The molecule has 33 heavy (non-hydrogen) atoms. The maximum absolute atomic E-state index is 13.4. The van der Waals surface area contributed by atoms with Crippen LogP contribution in [0.2, 0.25) is 10.0 Å². The number of anilines is 2. The second kappa shape index (κ2) is 9.16. The van der Waals surface area contributed by atoms with Crippen LogP contribution < -0.4 is 15.4 Å². The van der Waals surface area contributed by atoms with Crippen LogP contribution in [0.3, 0.4) is 0 Å². The second-order valence-electron chi connectivity index (χ2n) is 8.18. The molecule has 168 valence electrons. The number of halogens is 3. The van der Waals surface area contributed by atoms with E-state index >= 15 is 0 Å². The fraction of sp³-hybridized carbons (Fsp3) is 0.200. The number of benzene rings is 3. The topological polar surface area (TPSA) is 47.9 Å². The summed E-state index contributed by atoms with van der Waals surface area (Å²) in [7, 11) is 0. The van der Waals surface area contributed by atoms with Gasteiger partial charge in [0.05, 0.1) is 22.4 Å². The Kier molecular flexibility index (Phi) is 6.24. The lowest BCUT2D eigenvalue weighted by molar-refractivity contribution is -0.115. The minimum absolute atomic E-state index is 0.158. The van der Waals surface area contributed by atoms with E-state index in [0.29, 0.717) is 21.4 Å². The van der Waals surface area contributed by atoms with E-state index in [1.807, 2.05) is 41.2 Å². The van der Waals surface area contributed by atoms with Crippen LogP contribution in [-0.4, -0.2) is 18.2 Å². The van der Waals surface area contributed by atoms with Crippen molar-refractivity contribution in [3.05, 3.63) is 91.5 Å². The third-order valence-corrected chi connectivity index (χ3v) is 7.37. The van der Waals surface area contributed by atoms with Crippen LogP contribution >= 0.6 is 45.8 Å². The third kappa shape index (κ3) is 4.32. The fourth-order valence-corrected chi connectivity index (χ4v) is 5.33. The van der Waals surface area contributed by atoms with Crippen molar-refractivity contribution in [2.75, 3.05) is 16.6 Å². The zero-order valence-electron chi connectivity index (χ0n) is 17.8. The largest absolute Gasteiger partial charge is 0.286 e. The molecule has 0 bridgehead atoms. The molecule has 0 saturated heterocycles. The minimum Gasteiger partial charge on any atom is -0.285 e. The molecule has 8 heteroatoms. The molecule has 0 unspecified atom stereocenters. The summed E-state index contributed by atoms with van der Waals surface area (Å²) in [6.07, 6.45) is 0.899. The van der Waals surface area contributed by atoms with Gasteiger partial charge in [0.25, 0.3) is 5.91 Å². The molecule has 3 aromatic rings. The van der Waals surface area contributed by atoms with E-state index in [4.69, 9.17) is 28.3 Å². The molecule has 2 atom stereocenters. The summed E-state index contributed by atoms with van der Waals surface area (Å²) >= 11 is 15.0. The molecule has 5 rings (SSSR count). The number of fused-ring (bicyclic) bond motifs is 1. The molecule has 0 fully saturated rings. The highest BCUT2D eigenvalue weighted by molar-refractivity contribution is 14.1. The van der Waals surface area contributed by atoms with Gasteiger partial charge in [0.15, 0.2) is 0 Å². The highest BCUT2D eigenvalue weighted by Gasteiger charge is 2.40. The van der Waals surface area contributed by atoms with Gasteiger partial charge < -0.3 is 0 Å². The van der Waals surface area contributed by atoms with Gasteiger partial charge in [0, 0.05) is 21.1 Å². The number of nitrogens with zero attached hydrogens (tertiary/aromatic N) is 3. The highest BCUT2D eigenvalue weighted by Crippen LogP contribution is 2.42. The summed E-state index contributed by atoms with van der Waals surface area (Å²) in [5.74, 6) is -0.364. The lowest BCUT2D eigenvalue weighted by Gasteiger charge is -2.27. The molecule has 0 aromatic heterocycles. The van der Waals surface area contributed by atoms with E-state index in [1.165, 1.54) is 5.56 Å². The number of rotatable bonds is 4. The van der Waals surface area contributed by atoms with Gasteiger partial charge in [-0.2, -0.15) is 5.10 Å². The molecule has 2 heterocycles. The van der Waals surface area contributed by atoms with Crippen molar-refractivity contribution in [3.8, 4) is 0 Å². The van der Waals surface area contributed by atoms with Crippen LogP contribution in [0.15, 0.2) is 71.8 Å². The Balaban J connectivity index is 1.49. The van der Waals surface area contributed by atoms with Crippen molar-refractivity contribution in [1.29, 1.82) is 0 Å². The SMILES string of the molecule is C[C@@H]1C(C(=O)NN2CCc3ccccc32)=NN(c2ccc(Cl)cc2Cl)[C@@H]1c1ccc(I)cc1. The van der Waals surface area contributed by atoms with Crippen LogP contribution in [0.5, 0.6) is 0 Å². The van der Waals surface area contributed by atoms with Crippen molar-refractivity contribution in [3.63, 3.8) is 0 Å². The molecule has 1 amide bonds. The number of hydrogen-bond donors (Lipinski definition) is 1. The fourth-order valence-electron chi connectivity index (χ4n) is 4.48. The molecule has 0 saturated carbocycles. The van der Waals surface area contributed by atoms with Crippen molar-refractivity contribution >= 4 is 68.8 Å². The first-order chi connectivity index (χ1) is 15.9. The number of carbonyl (C=O) groups excluding carboxylic acids is 1. The number of nitrogens with one attached hydrogen (secondary N) is 1. The lowest BCUT2D eigenvalue weighted by atomic mass is 9.91. The molecule has 0 spiro atoms. The zero-order chi connectivity index (χ0) is 23.1. The number of amides is 1. The summed E-state index contributed by atoms with van der Waals surface area (Å²) in [5.41, 5.74) is 7.57. The maximum Gasteiger partial charge on any atom is 0.286 e. The van der Waals surface area contributed by atoms with Gasteiger partial charge in [-0.05, 0) is 76.5 Å². The van der Waals surface area contributed by atoms with Crippen molar-refractivity contribution in [2.24, 2.45) is 11.0 Å². The molecule has 2 aliphatic rings. The monoisotopic (exact) mass is 590 g/mol. The molecule has 0 radical (unpaired) electrons. The van der Waals surface area contributed by atoms with E-state index in [9.17, 15) is 4.79 Å². The summed E-state index contributed by atoms with van der Waals surface area (Å²) in [6, 6.07) is 21.5. The second-order valence-corrected chi connectivity index (χ2v) is 10.3. The molecule has 0 aliphatic carbocycles. The Morgan fingerprint density at radius 3 is 2.58 bits per heavy atom. The van der Waals surface area contributed by atoms with Crippen LogP contribution in [-0.2, 0) is 11.2 Å². The third-order valence-electron chi connectivity index (χ3n) is 6.11. The average molecular weight is 591 g/mol. The predicted octanol–water partition coefficient (Wildman–Crippen LogP) is 6.25. The van der Waals surface area contributed by atoms with Gasteiger partial charge in [-0.15, -0.1) is 0 Å². The van der Waals surface area contributed by atoms with Crippen LogP contribution in [0, 0.1) is 9.49 Å². The van der Waals surface area contributed by atoms with Gasteiger partial charge >= 0.3 is 0 Å². The molecular weight excluding hydrogens is 570 g/mol. The van der Waals surface area contributed by atoms with Gasteiger partial charge in [-0.25, -0.2) is 0 Å². The lowest BCUT2D eigenvalue weighted by Crippen LogP contribution is -2.45. The molecular formula is C25H21Cl2IN4O. The summed E-state index contributed by atoms with van der Waals surface area (Å²) < 4.78 is 1.14. The van der Waals surface area contributed by atoms with Crippen molar-refractivity contribution in [1.82, 2.24) is 5.43 Å². The number of para-hydroxylation sites is 1. The Labute approximate surface area is 216 Å². The van der Waals surface area contributed by atoms with Crippen LogP contribution in [0.1, 0.15) is 24.1 Å². The number of carbonyl (C=O) groups is 1. The number of hydrogen-bond acceptors (Lipinski definition) is 4. The van der Waals surface area contributed by atoms with Crippen LogP contribution in [0.4, 0.5) is 11.4 Å². The smallest absolute Gasteiger partial charge is 0.285 e. The average Bonchev–Trinajstić information content (AvgIpc) is 3.36. The first-order valence-corrected chi connectivity index (χ1v) is 12.5. The Morgan fingerprint density at radius 1 is 1.06 bits per heavy atom. The van der Waals surface area contributed by atoms with Crippen molar-refractivity contribution < 1.29 is 4.79 Å². The van der Waals surface area contributed by atoms with E-state index in [-0.39, 0.29) is 17.9 Å². The summed E-state index contributed by atoms with van der Waals surface area (Å²) in [4.78, 5) is 13.4. The highest BCUT2D eigenvalue weighted by atomic mass is 127. The maximum atomic E-state index is 13.4. The predicted molar refractivity (Wildman–Crippen MR) is 143 cm³/mol. The quantitative estimate of drug-likeness (QED) is 0.366. The van der Waals surface area contributed by atoms with Gasteiger partial charge in [-0.1, -0.05) is 60.5 Å². The van der Waals surface area contributed by atoms with Crippen molar-refractivity contribution in [2.45, 2.75) is 19.4 Å². The molecule has 5 nitrogen and oxygen atoms in total. The van der Waals surface area contributed by atoms with Gasteiger partial charge in [0.2, 0.25) is 0 Å². The Morgan fingerprint density at radius 2 is 1.82 bits per heavy atom. The number of hydrazine groups is 1. The van der Waals surface area contributed by atoms with E-state index in [1.54, 1.807) is 12.1 Å². The summed E-state index contributed by atoms with van der Waals surface area (Å²) in [6.45, 7) is 2.77. The standard InChI is InChI=1S/C25H21Cl2IN4O/c1-15-23(25(33)30-31-13-12-16-4-2-3-5-21(16)31)29-32(22-11-8-18(26)14-20(22)27)24(15)17-6-9-19(28)10-7-17/h2-11,14-15,24H,12-13H2,1H3,(H,30,33)/t15-,24+/m1/s1.